The van der Waals surface area contributed by atoms with Gasteiger partial charge in [0, 0.05) is 11.8 Å². The van der Waals surface area contributed by atoms with Crippen LogP contribution in [0.2, 0.25) is 0 Å². The van der Waals surface area contributed by atoms with Crippen LogP contribution in [0, 0.1) is 6.92 Å². The molecule has 2 rings (SSSR count). The lowest BCUT2D eigenvalue weighted by atomic mass is 10.1. The van der Waals surface area contributed by atoms with E-state index < -0.39 is 0 Å². The Hall–Kier alpha value is -2.13. The van der Waals surface area contributed by atoms with E-state index in [0.717, 1.165) is 16.8 Å². The maximum atomic E-state index is 9.68. The third kappa shape index (κ3) is 2.96. The van der Waals surface area contributed by atoms with Gasteiger partial charge < -0.3 is 10.2 Å². The van der Waals surface area contributed by atoms with Crippen molar-refractivity contribution in [2.75, 3.05) is 0 Å². The largest absolute Gasteiger partial charge is 0.507 e. The number of phenolic OH excluding ortho intramolecular Hbond substituents is 1. The molecule has 0 heterocycles. The molecule has 0 aliphatic carbocycles. The summed E-state index contributed by atoms with van der Waals surface area (Å²) in [5.74, 6) is 0.211. The van der Waals surface area contributed by atoms with Crippen molar-refractivity contribution in [3.63, 3.8) is 0 Å². The quantitative estimate of drug-likeness (QED) is 0.812. The van der Waals surface area contributed by atoms with Crippen molar-refractivity contribution in [3.8, 4) is 5.75 Å². The molecule has 2 N–H and O–H groups in total. The monoisotopic (exact) mass is 241 g/mol. The molecule has 0 amide bonds. The van der Waals surface area contributed by atoms with Crippen LogP contribution in [-0.4, -0.2) is 16.4 Å². The highest BCUT2D eigenvalue weighted by Gasteiger charge is 1.98. The first-order valence-corrected chi connectivity index (χ1v) is 5.72. The summed E-state index contributed by atoms with van der Waals surface area (Å²) < 4.78 is 0. The average Bonchev–Trinajstić information content (AvgIpc) is 2.40. The zero-order valence-electron chi connectivity index (χ0n) is 10.2. The Morgan fingerprint density at radius 3 is 2.78 bits per heavy atom. The minimum Gasteiger partial charge on any atom is -0.507 e. The molecule has 0 saturated carbocycles. The van der Waals surface area contributed by atoms with Crippen molar-refractivity contribution in [2.45, 2.75) is 13.5 Å². The number of rotatable bonds is 3. The normalized spacial score (nSPS) is 11.0. The first kappa shape index (κ1) is 12.3. The van der Waals surface area contributed by atoms with Crippen LogP contribution >= 0.6 is 0 Å². The fraction of sp³-hybridized carbons (Fsp3) is 0.133. The fourth-order valence-electron chi connectivity index (χ4n) is 1.66. The standard InChI is InChI=1S/C15H15NO2/c1-11-5-6-15(18)13(7-11)9-16-14-4-2-3-12(8-14)10-17/h2-9,17-18H,10H2,1H3. The molecular formula is C15H15NO2. The van der Waals surface area contributed by atoms with Gasteiger partial charge in [-0.05, 0) is 36.8 Å². The number of aryl methyl sites for hydroxylation is 1. The molecule has 0 spiro atoms. The van der Waals surface area contributed by atoms with Crippen molar-refractivity contribution in [1.29, 1.82) is 0 Å². The van der Waals surface area contributed by atoms with Crippen molar-refractivity contribution < 1.29 is 10.2 Å². The summed E-state index contributed by atoms with van der Waals surface area (Å²) in [5, 5.41) is 18.7. The number of benzene rings is 2. The van der Waals surface area contributed by atoms with Gasteiger partial charge in [-0.15, -0.1) is 0 Å². The lowest BCUT2D eigenvalue weighted by Crippen LogP contribution is -1.84. The van der Waals surface area contributed by atoms with Crippen LogP contribution in [0.1, 0.15) is 16.7 Å². The second kappa shape index (κ2) is 5.47. The third-order valence-corrected chi connectivity index (χ3v) is 2.63. The fourth-order valence-corrected chi connectivity index (χ4v) is 1.66. The van der Waals surface area contributed by atoms with E-state index in [0.29, 0.717) is 5.56 Å². The van der Waals surface area contributed by atoms with E-state index in [9.17, 15) is 5.11 Å². The van der Waals surface area contributed by atoms with Crippen LogP contribution in [-0.2, 0) is 6.61 Å². The summed E-state index contributed by atoms with van der Waals surface area (Å²) in [6.07, 6.45) is 1.62. The van der Waals surface area contributed by atoms with Gasteiger partial charge in [0.15, 0.2) is 0 Å². The molecule has 0 aromatic heterocycles. The molecule has 92 valence electrons. The van der Waals surface area contributed by atoms with E-state index in [1.54, 1.807) is 12.3 Å². The van der Waals surface area contributed by atoms with E-state index in [-0.39, 0.29) is 12.4 Å². The lowest BCUT2D eigenvalue weighted by molar-refractivity contribution is 0.282. The zero-order chi connectivity index (χ0) is 13.0. The molecule has 2 aromatic rings. The minimum absolute atomic E-state index is 0.000937. The third-order valence-electron chi connectivity index (χ3n) is 2.63. The van der Waals surface area contributed by atoms with Gasteiger partial charge in [0.25, 0.3) is 0 Å². The molecule has 0 aliphatic rings. The number of aliphatic hydroxyl groups is 1. The Morgan fingerprint density at radius 2 is 2.00 bits per heavy atom. The van der Waals surface area contributed by atoms with E-state index in [4.69, 9.17) is 5.11 Å². The molecule has 0 fully saturated rings. The van der Waals surface area contributed by atoms with Crippen molar-refractivity contribution in [1.82, 2.24) is 0 Å². The van der Waals surface area contributed by atoms with Crippen LogP contribution in [0.15, 0.2) is 47.5 Å². The Balaban J connectivity index is 2.26. The summed E-state index contributed by atoms with van der Waals surface area (Å²) in [6.45, 7) is 1.96. The summed E-state index contributed by atoms with van der Waals surface area (Å²) in [7, 11) is 0. The van der Waals surface area contributed by atoms with Gasteiger partial charge in [-0.2, -0.15) is 0 Å². The Morgan fingerprint density at radius 1 is 1.17 bits per heavy atom. The summed E-state index contributed by atoms with van der Waals surface area (Å²) >= 11 is 0. The Labute approximate surface area is 106 Å². The highest BCUT2D eigenvalue weighted by molar-refractivity contribution is 5.85. The second-order valence-corrected chi connectivity index (χ2v) is 4.15. The van der Waals surface area contributed by atoms with Crippen molar-refractivity contribution >= 4 is 11.9 Å². The molecule has 18 heavy (non-hydrogen) atoms. The molecule has 3 nitrogen and oxygen atoms in total. The Bertz CT molecular complexity index is 576. The molecule has 0 bridgehead atoms. The number of aromatic hydroxyl groups is 1. The van der Waals surface area contributed by atoms with Gasteiger partial charge in [0.2, 0.25) is 0 Å². The van der Waals surface area contributed by atoms with Crippen LogP contribution in [0.3, 0.4) is 0 Å². The molecule has 2 aromatic carbocycles. The number of aliphatic hydroxyl groups excluding tert-OH is 1. The van der Waals surface area contributed by atoms with Gasteiger partial charge in [-0.3, -0.25) is 4.99 Å². The smallest absolute Gasteiger partial charge is 0.124 e. The lowest BCUT2D eigenvalue weighted by Gasteiger charge is -2.01. The number of hydrogen-bond acceptors (Lipinski definition) is 3. The van der Waals surface area contributed by atoms with E-state index in [1.807, 2.05) is 43.3 Å². The molecule has 0 saturated heterocycles. The predicted octanol–water partition coefficient (Wildman–Crippen LogP) is 2.94. The molecule has 0 atom stereocenters. The first-order valence-electron chi connectivity index (χ1n) is 5.72. The van der Waals surface area contributed by atoms with Crippen LogP contribution in [0.25, 0.3) is 0 Å². The van der Waals surface area contributed by atoms with Crippen LogP contribution < -0.4 is 0 Å². The van der Waals surface area contributed by atoms with Crippen molar-refractivity contribution in [2.24, 2.45) is 4.99 Å². The number of nitrogens with zero attached hydrogens (tertiary/aromatic N) is 1. The summed E-state index contributed by atoms with van der Waals surface area (Å²) in [5.41, 5.74) is 3.32. The highest BCUT2D eigenvalue weighted by atomic mass is 16.3. The summed E-state index contributed by atoms with van der Waals surface area (Å²) in [4.78, 5) is 4.29. The van der Waals surface area contributed by atoms with Crippen LogP contribution in [0.4, 0.5) is 5.69 Å². The van der Waals surface area contributed by atoms with Crippen LogP contribution in [0.5, 0.6) is 5.75 Å². The van der Waals surface area contributed by atoms with Crippen molar-refractivity contribution in [3.05, 3.63) is 59.2 Å². The molecule has 3 heteroatoms. The maximum Gasteiger partial charge on any atom is 0.124 e. The number of phenols is 1. The first-order chi connectivity index (χ1) is 8.69. The van der Waals surface area contributed by atoms with Gasteiger partial charge >= 0.3 is 0 Å². The van der Waals surface area contributed by atoms with Gasteiger partial charge in [0.05, 0.1) is 12.3 Å². The van der Waals surface area contributed by atoms with E-state index in [1.165, 1.54) is 0 Å². The minimum atomic E-state index is -0.000937. The summed E-state index contributed by atoms with van der Waals surface area (Å²) in [6, 6.07) is 12.7. The van der Waals surface area contributed by atoms with Gasteiger partial charge in [-0.25, -0.2) is 0 Å². The number of aliphatic imine (C=N–C) groups is 1. The zero-order valence-corrected chi connectivity index (χ0v) is 10.2. The SMILES string of the molecule is Cc1ccc(O)c(C=Nc2cccc(CO)c2)c1. The molecular weight excluding hydrogens is 226 g/mol. The molecule has 0 unspecified atom stereocenters. The highest BCUT2D eigenvalue weighted by Crippen LogP contribution is 2.18. The average molecular weight is 241 g/mol. The topological polar surface area (TPSA) is 52.8 Å². The van der Waals surface area contributed by atoms with Gasteiger partial charge in [0.1, 0.15) is 5.75 Å². The number of hydrogen-bond donors (Lipinski definition) is 2. The second-order valence-electron chi connectivity index (χ2n) is 4.15. The maximum absolute atomic E-state index is 9.68. The predicted molar refractivity (Wildman–Crippen MR) is 72.5 cm³/mol. The van der Waals surface area contributed by atoms with E-state index in [2.05, 4.69) is 4.99 Å². The Kier molecular flexibility index (Phi) is 3.75. The molecule has 0 aliphatic heterocycles. The molecule has 0 radical (unpaired) electrons. The van der Waals surface area contributed by atoms with E-state index >= 15 is 0 Å². The van der Waals surface area contributed by atoms with Gasteiger partial charge in [-0.1, -0.05) is 23.8 Å².